The molecule has 1 unspecified atom stereocenters. The van der Waals surface area contributed by atoms with Crippen LogP contribution >= 0.6 is 11.3 Å². The maximum absolute atomic E-state index is 5.60. The molecule has 2 heterocycles. The summed E-state index contributed by atoms with van der Waals surface area (Å²) < 4.78 is 1.35. The van der Waals surface area contributed by atoms with Gasteiger partial charge in [-0.3, -0.25) is 0 Å². The number of aromatic nitrogens is 1. The highest BCUT2D eigenvalue weighted by atomic mass is 32.1. The molecule has 0 aliphatic heterocycles. The molecule has 0 amide bonds. The largest absolute Gasteiger partial charge is 0.247 e. The molecule has 0 fully saturated rings. The second-order valence-corrected chi connectivity index (χ2v) is 19.9. The summed E-state index contributed by atoms with van der Waals surface area (Å²) in [7, 11) is 0. The third-order valence-electron chi connectivity index (χ3n) is 15.5. The van der Waals surface area contributed by atoms with E-state index in [1.54, 1.807) is 0 Å². The van der Waals surface area contributed by atoms with Crippen LogP contribution in [0.5, 0.6) is 0 Å². The van der Waals surface area contributed by atoms with Gasteiger partial charge in [-0.25, -0.2) is 4.98 Å². The van der Waals surface area contributed by atoms with Gasteiger partial charge in [-0.2, -0.15) is 0 Å². The standard InChI is InChI=1S/C62H39NS/c1-61(2)46-24-9-3-20-39(46)40-30-31-44-53(60-57(56(44)58(40)61)43-23-8-14-29-52(43)64-60)35-16-15-17-36(34-35)59-45-32-33-50-55(54(45)42-22-7-13-28-51(42)63-59)41-21-6-12-27-49(41)62(50)47-25-10-4-18-37(47)38-19-5-11-26-48(38)62/h3-34,53H,1-2H3. The zero-order valence-electron chi connectivity index (χ0n) is 35.4. The van der Waals surface area contributed by atoms with Gasteiger partial charge < -0.3 is 0 Å². The second kappa shape index (κ2) is 12.2. The fraction of sp³-hybridized carbons (Fsp3) is 0.0806. The Kier molecular flexibility index (Phi) is 6.69. The van der Waals surface area contributed by atoms with Crippen LogP contribution in [-0.2, 0) is 10.8 Å². The second-order valence-electron chi connectivity index (χ2n) is 18.8. The van der Waals surface area contributed by atoms with Gasteiger partial charge in [0.2, 0.25) is 0 Å². The monoisotopic (exact) mass is 829 g/mol. The molecule has 9 aromatic carbocycles. The maximum Gasteiger partial charge on any atom is 0.0788 e. The van der Waals surface area contributed by atoms with Gasteiger partial charge in [-0.05, 0) is 102 Å². The van der Waals surface area contributed by atoms with Crippen molar-refractivity contribution in [2.24, 2.45) is 0 Å². The number of thiophene rings is 1. The molecule has 0 N–H and O–H groups in total. The zero-order valence-corrected chi connectivity index (χ0v) is 36.2. The van der Waals surface area contributed by atoms with Crippen molar-refractivity contribution in [3.63, 3.8) is 0 Å². The molecule has 1 spiro atoms. The topological polar surface area (TPSA) is 12.9 Å². The lowest BCUT2D eigenvalue weighted by molar-refractivity contribution is 0.662. The predicted octanol–water partition coefficient (Wildman–Crippen LogP) is 16.1. The van der Waals surface area contributed by atoms with Gasteiger partial charge in [-0.15, -0.1) is 11.3 Å². The molecule has 4 aliphatic carbocycles. The molecule has 0 radical (unpaired) electrons. The van der Waals surface area contributed by atoms with E-state index in [0.29, 0.717) is 0 Å². The minimum atomic E-state index is -0.411. The molecule has 0 saturated heterocycles. The van der Waals surface area contributed by atoms with Crippen LogP contribution in [0.15, 0.2) is 194 Å². The van der Waals surface area contributed by atoms with E-state index >= 15 is 0 Å². The highest BCUT2D eigenvalue weighted by molar-refractivity contribution is 7.20. The van der Waals surface area contributed by atoms with Gasteiger partial charge in [0.15, 0.2) is 0 Å². The first-order valence-corrected chi connectivity index (χ1v) is 23.4. The average molecular weight is 830 g/mol. The average Bonchev–Trinajstić information content (AvgIpc) is 4.10. The molecule has 0 bridgehead atoms. The number of pyridine rings is 1. The summed E-state index contributed by atoms with van der Waals surface area (Å²) in [6.07, 6.45) is 0. The zero-order chi connectivity index (χ0) is 42.1. The van der Waals surface area contributed by atoms with Gasteiger partial charge in [-0.1, -0.05) is 190 Å². The summed E-state index contributed by atoms with van der Waals surface area (Å²) in [5.74, 6) is 0.109. The van der Waals surface area contributed by atoms with E-state index in [-0.39, 0.29) is 11.3 Å². The van der Waals surface area contributed by atoms with Crippen LogP contribution in [-0.4, -0.2) is 4.98 Å². The Bertz CT molecular complexity index is 3850. The number of benzene rings is 9. The molecule has 4 aliphatic rings. The van der Waals surface area contributed by atoms with Crippen LogP contribution in [0.2, 0.25) is 0 Å². The Hall–Kier alpha value is -7.39. The summed E-state index contributed by atoms with van der Waals surface area (Å²) >= 11 is 1.97. The van der Waals surface area contributed by atoms with E-state index in [1.165, 1.54) is 120 Å². The third-order valence-corrected chi connectivity index (χ3v) is 16.8. The summed E-state index contributed by atoms with van der Waals surface area (Å²) in [5.41, 5.74) is 24.6. The molecule has 1 atom stereocenters. The van der Waals surface area contributed by atoms with Crippen LogP contribution in [0.4, 0.5) is 0 Å². The van der Waals surface area contributed by atoms with Crippen LogP contribution < -0.4 is 0 Å². The Labute approximate surface area is 376 Å². The Morgan fingerprint density at radius 3 is 1.84 bits per heavy atom. The lowest BCUT2D eigenvalue weighted by Crippen LogP contribution is -2.25. The highest BCUT2D eigenvalue weighted by Crippen LogP contribution is 2.65. The van der Waals surface area contributed by atoms with Crippen LogP contribution in [0.1, 0.15) is 69.2 Å². The van der Waals surface area contributed by atoms with Crippen molar-refractivity contribution in [2.75, 3.05) is 0 Å². The lowest BCUT2D eigenvalue weighted by atomic mass is 9.70. The molecule has 0 saturated carbocycles. The fourth-order valence-corrected chi connectivity index (χ4v) is 14.5. The Morgan fingerprint density at radius 1 is 0.453 bits per heavy atom. The molecular formula is C62H39NS. The fourth-order valence-electron chi connectivity index (χ4n) is 13.1. The van der Waals surface area contributed by atoms with E-state index in [0.717, 1.165) is 16.8 Å². The van der Waals surface area contributed by atoms with Crippen molar-refractivity contribution in [1.82, 2.24) is 4.98 Å². The molecule has 1 nitrogen and oxygen atoms in total. The molecule has 11 aromatic rings. The van der Waals surface area contributed by atoms with Gasteiger partial charge in [0.25, 0.3) is 0 Å². The van der Waals surface area contributed by atoms with Crippen molar-refractivity contribution in [3.8, 4) is 55.8 Å². The van der Waals surface area contributed by atoms with Crippen molar-refractivity contribution in [1.29, 1.82) is 0 Å². The first-order valence-electron chi connectivity index (χ1n) is 22.6. The molecular weight excluding hydrogens is 791 g/mol. The first-order chi connectivity index (χ1) is 31.5. The van der Waals surface area contributed by atoms with Crippen LogP contribution in [0.25, 0.3) is 87.5 Å². The highest BCUT2D eigenvalue weighted by Gasteiger charge is 2.52. The molecule has 15 rings (SSSR count). The van der Waals surface area contributed by atoms with Crippen LogP contribution in [0, 0.1) is 0 Å². The molecule has 2 aromatic heterocycles. The summed E-state index contributed by atoms with van der Waals surface area (Å²) in [4.78, 5) is 7.04. The van der Waals surface area contributed by atoms with E-state index in [4.69, 9.17) is 4.98 Å². The van der Waals surface area contributed by atoms with E-state index < -0.39 is 5.41 Å². The minimum absolute atomic E-state index is 0.109. The van der Waals surface area contributed by atoms with Crippen LogP contribution in [0.3, 0.4) is 0 Å². The number of hydrogen-bond acceptors (Lipinski definition) is 2. The van der Waals surface area contributed by atoms with Crippen molar-refractivity contribution in [3.05, 3.63) is 244 Å². The Balaban J connectivity index is 0.984. The van der Waals surface area contributed by atoms with Crippen molar-refractivity contribution in [2.45, 2.75) is 30.6 Å². The van der Waals surface area contributed by atoms with E-state index in [1.807, 2.05) is 11.3 Å². The van der Waals surface area contributed by atoms with E-state index in [9.17, 15) is 0 Å². The third kappa shape index (κ3) is 4.14. The minimum Gasteiger partial charge on any atom is -0.247 e. The maximum atomic E-state index is 5.60. The summed E-state index contributed by atoms with van der Waals surface area (Å²) in [6, 6.07) is 73.4. The lowest BCUT2D eigenvalue weighted by Gasteiger charge is -2.30. The number of nitrogens with zero attached hydrogens (tertiary/aromatic N) is 1. The van der Waals surface area contributed by atoms with Gasteiger partial charge >= 0.3 is 0 Å². The van der Waals surface area contributed by atoms with Crippen molar-refractivity contribution < 1.29 is 0 Å². The number of para-hydroxylation sites is 1. The normalized spacial score (nSPS) is 16.1. The van der Waals surface area contributed by atoms with Crippen molar-refractivity contribution >= 4 is 43.1 Å². The van der Waals surface area contributed by atoms with Gasteiger partial charge in [0, 0.05) is 53.6 Å². The molecule has 298 valence electrons. The first kappa shape index (κ1) is 35.1. The SMILES string of the molecule is CC1(C)c2ccccc2-c2ccc3c(c21)-c1c(sc2ccccc12)C3c1cccc(-c2nc3ccccc3c3c4c(ccc23)C2(c3ccccc3-c3ccccc32)c2ccccc2-4)c1. The van der Waals surface area contributed by atoms with Gasteiger partial charge in [0.1, 0.15) is 0 Å². The predicted molar refractivity (Wildman–Crippen MR) is 267 cm³/mol. The number of hydrogen-bond donors (Lipinski definition) is 0. The number of rotatable bonds is 2. The Morgan fingerprint density at radius 2 is 1.08 bits per heavy atom. The summed E-state index contributed by atoms with van der Waals surface area (Å²) in [6.45, 7) is 4.86. The smallest absolute Gasteiger partial charge is 0.0788 e. The quantitative estimate of drug-likeness (QED) is 0.158. The molecule has 2 heteroatoms. The van der Waals surface area contributed by atoms with E-state index in [2.05, 4.69) is 208 Å². The van der Waals surface area contributed by atoms with Gasteiger partial charge in [0.05, 0.1) is 16.6 Å². The molecule has 64 heavy (non-hydrogen) atoms. The summed E-state index contributed by atoms with van der Waals surface area (Å²) in [5, 5.41) is 5.03. The number of fused-ring (bicyclic) bond motifs is 23.